The van der Waals surface area contributed by atoms with E-state index in [1.807, 2.05) is 12.1 Å². The van der Waals surface area contributed by atoms with E-state index in [2.05, 4.69) is 41.5 Å². The Balaban J connectivity index is -0.000000190. The van der Waals surface area contributed by atoms with E-state index in [4.69, 9.17) is 0 Å². The van der Waals surface area contributed by atoms with Crippen LogP contribution in [-0.4, -0.2) is 35.8 Å². The van der Waals surface area contributed by atoms with Gasteiger partial charge in [0.1, 0.15) is 0 Å². The predicted molar refractivity (Wildman–Crippen MR) is 139 cm³/mol. The van der Waals surface area contributed by atoms with Gasteiger partial charge < -0.3 is 19.8 Å². The summed E-state index contributed by atoms with van der Waals surface area (Å²) in [7, 11) is 0. The number of carbonyl (C=O) groups is 2. The molecule has 0 amide bonds. The molecule has 0 fully saturated rings. The molecule has 0 aliphatic carbocycles. The molecule has 0 aromatic heterocycles. The summed E-state index contributed by atoms with van der Waals surface area (Å²) in [6, 6.07) is 7.03. The van der Waals surface area contributed by atoms with Crippen molar-refractivity contribution in [3.8, 4) is 0 Å². The summed E-state index contributed by atoms with van der Waals surface area (Å²) in [5, 5.41) is 20.7. The number of hydrogen-bond acceptors (Lipinski definition) is 4. The van der Waals surface area contributed by atoms with Gasteiger partial charge in [0.25, 0.3) is 0 Å². The Morgan fingerprint density at radius 2 is 1.18 bits per heavy atom. The Kier molecular flexibility index (Phi) is 39.3. The van der Waals surface area contributed by atoms with E-state index in [1.165, 1.54) is 38.5 Å². The molecule has 1 aromatic carbocycles. The first kappa shape index (κ1) is 39.2. The quantitative estimate of drug-likeness (QED) is 0.225. The van der Waals surface area contributed by atoms with Crippen molar-refractivity contribution in [1.82, 2.24) is 0 Å². The van der Waals surface area contributed by atoms with E-state index < -0.39 is 11.9 Å². The maximum atomic E-state index is 10.7. The first-order valence-corrected chi connectivity index (χ1v) is 12.4. The van der Waals surface area contributed by atoms with Crippen LogP contribution in [-0.2, 0) is 11.2 Å². The molecule has 0 saturated carbocycles. The molecule has 33 heavy (non-hydrogen) atoms. The van der Waals surface area contributed by atoms with Gasteiger partial charge in [-0.2, -0.15) is 0 Å². The van der Waals surface area contributed by atoms with Crippen molar-refractivity contribution in [2.45, 2.75) is 118 Å². The fraction of sp³-hybridized carbons (Fsp3) is 0.643. The van der Waals surface area contributed by atoms with Gasteiger partial charge in [0.05, 0.1) is 5.97 Å². The second kappa shape index (κ2) is 33.1. The zero-order valence-corrected chi connectivity index (χ0v) is 24.6. The molecule has 0 aliphatic heterocycles. The minimum Gasteiger partial charge on any atom is -0.550 e. The average Bonchev–Trinajstić information content (AvgIpc) is 2.80. The molecule has 0 unspecified atom stereocenters. The molecule has 0 atom stereocenters. The summed E-state index contributed by atoms with van der Waals surface area (Å²) in [5.74, 6) is -1.99. The Morgan fingerprint density at radius 1 is 0.727 bits per heavy atom. The van der Waals surface area contributed by atoms with Crippen molar-refractivity contribution in [2.75, 3.05) is 0 Å². The minimum atomic E-state index is -1.08. The van der Waals surface area contributed by atoms with E-state index in [1.54, 1.807) is 12.1 Å². The number of aliphatic carboxylic acids is 1. The van der Waals surface area contributed by atoms with Gasteiger partial charge in [-0.1, -0.05) is 130 Å². The molecule has 0 bridgehead atoms. The second-order valence-electron chi connectivity index (χ2n) is 7.65. The van der Waals surface area contributed by atoms with Gasteiger partial charge in [0, 0.05) is 11.5 Å². The van der Waals surface area contributed by atoms with Crippen LogP contribution in [0.2, 0.25) is 0 Å². The Labute approximate surface area is 221 Å². The van der Waals surface area contributed by atoms with Crippen LogP contribution in [0.3, 0.4) is 0 Å². The molecular weight excluding hydrogens is 519 g/mol. The van der Waals surface area contributed by atoms with Gasteiger partial charge in [-0.3, -0.25) is 0 Å². The predicted octanol–water partition coefficient (Wildman–Crippen LogP) is 5.74. The molecule has 1 rings (SSSR count). The van der Waals surface area contributed by atoms with E-state index in [0.717, 1.165) is 50.5 Å². The third-order valence-electron chi connectivity index (χ3n) is 4.48. The standard InChI is InChI=1S/C11H14O2.C9H18O2.2C4H9.Sn/c1-2-3-6-9-7-4-5-8-10(9)11(12)13;1-2-3-4-5-6-7-8-9(10)11;2*1-3-4-2;/h4-5,7-8H,2-3,6H2,1H3,(H,12,13);2-8H2,1H3,(H,10,11);2*1,3-4H2,2H3;/q;;;;+2/p-2. The fourth-order valence-corrected chi connectivity index (χ4v) is 2.35. The van der Waals surface area contributed by atoms with Crippen LogP contribution >= 0.6 is 0 Å². The molecule has 5 heteroatoms. The van der Waals surface area contributed by atoms with Gasteiger partial charge >= 0.3 is 23.9 Å². The second-order valence-corrected chi connectivity index (χ2v) is 7.65. The van der Waals surface area contributed by atoms with Gasteiger partial charge in [-0.25, -0.2) is 0 Å². The fourth-order valence-electron chi connectivity index (χ4n) is 2.35. The number of carboxylic acid groups (broad SMARTS) is 2. The zero-order chi connectivity index (χ0) is 25.0. The number of rotatable bonds is 13. The van der Waals surface area contributed by atoms with Crippen molar-refractivity contribution in [3.63, 3.8) is 0 Å². The largest absolute Gasteiger partial charge is 2.00 e. The number of benzene rings is 1. The first-order valence-electron chi connectivity index (χ1n) is 12.4. The summed E-state index contributed by atoms with van der Waals surface area (Å²) in [6.07, 6.45) is 14.4. The molecule has 4 radical (unpaired) electrons. The smallest absolute Gasteiger partial charge is 0.550 e. The van der Waals surface area contributed by atoms with Crippen LogP contribution in [0, 0.1) is 13.8 Å². The van der Waals surface area contributed by atoms with Crippen LogP contribution in [0.1, 0.15) is 127 Å². The topological polar surface area (TPSA) is 80.3 Å². The Bertz CT molecular complexity index is 524. The molecule has 4 nitrogen and oxygen atoms in total. The summed E-state index contributed by atoms with van der Waals surface area (Å²) in [5.41, 5.74) is 1.21. The van der Waals surface area contributed by atoms with E-state index in [9.17, 15) is 19.8 Å². The SMILES string of the molecule is CCCCCCCCC(=O)[O-].CCCCc1ccccc1C(=O)[O-].[CH2]CCC.[CH2]CCC.[Sn+2]. The normalized spacial score (nSPS) is 9.03. The minimum absolute atomic E-state index is 0. The van der Waals surface area contributed by atoms with Crippen molar-refractivity contribution < 1.29 is 19.8 Å². The average molecular weight is 567 g/mol. The van der Waals surface area contributed by atoms with E-state index >= 15 is 0 Å². The summed E-state index contributed by atoms with van der Waals surface area (Å²) in [6.45, 7) is 15.7. The monoisotopic (exact) mass is 568 g/mol. The number of unbranched alkanes of at least 4 members (excludes halogenated alkanes) is 8. The van der Waals surface area contributed by atoms with Gasteiger partial charge in [-0.15, -0.1) is 0 Å². The number of carbonyl (C=O) groups excluding carboxylic acids is 2. The van der Waals surface area contributed by atoms with Gasteiger partial charge in [0.15, 0.2) is 0 Å². The maximum Gasteiger partial charge on any atom is 2.00 e. The van der Waals surface area contributed by atoms with Crippen LogP contribution in [0.4, 0.5) is 0 Å². The Hall–Kier alpha value is -1.04. The van der Waals surface area contributed by atoms with Crippen LogP contribution < -0.4 is 10.2 Å². The zero-order valence-electron chi connectivity index (χ0n) is 21.8. The number of hydrogen-bond donors (Lipinski definition) is 0. The molecule has 0 N–H and O–H groups in total. The number of aromatic carboxylic acids is 1. The van der Waals surface area contributed by atoms with Crippen molar-refractivity contribution in [2.24, 2.45) is 0 Å². The van der Waals surface area contributed by atoms with Crippen LogP contribution in [0.5, 0.6) is 0 Å². The Morgan fingerprint density at radius 3 is 1.61 bits per heavy atom. The van der Waals surface area contributed by atoms with Gasteiger partial charge in [0.2, 0.25) is 0 Å². The van der Waals surface area contributed by atoms with Gasteiger partial charge in [-0.05, 0) is 31.2 Å². The van der Waals surface area contributed by atoms with Crippen LogP contribution in [0.25, 0.3) is 0 Å². The first-order chi connectivity index (χ1) is 15.4. The summed E-state index contributed by atoms with van der Waals surface area (Å²) >= 11 is 0. The van der Waals surface area contributed by atoms with Crippen molar-refractivity contribution >= 4 is 35.8 Å². The van der Waals surface area contributed by atoms with Crippen molar-refractivity contribution in [3.05, 3.63) is 49.2 Å². The molecule has 0 saturated heterocycles. The van der Waals surface area contributed by atoms with E-state index in [0.29, 0.717) is 5.56 Å². The van der Waals surface area contributed by atoms with Crippen molar-refractivity contribution in [1.29, 1.82) is 0 Å². The summed E-state index contributed by atoms with van der Waals surface area (Å²) < 4.78 is 0. The number of aryl methyl sites for hydroxylation is 1. The third-order valence-corrected chi connectivity index (χ3v) is 4.48. The molecule has 0 aliphatic rings. The number of carboxylic acids is 2. The van der Waals surface area contributed by atoms with E-state index in [-0.39, 0.29) is 30.3 Å². The molecular formula is C28H48O4Sn. The summed E-state index contributed by atoms with van der Waals surface area (Å²) in [4.78, 5) is 20.7. The molecule has 0 spiro atoms. The maximum absolute atomic E-state index is 10.7. The molecule has 0 heterocycles. The molecule has 1 aromatic rings. The van der Waals surface area contributed by atoms with Crippen LogP contribution in [0.15, 0.2) is 24.3 Å². The third kappa shape index (κ3) is 33.2. The molecule has 188 valence electrons.